The van der Waals surface area contributed by atoms with Crippen molar-refractivity contribution in [1.29, 1.82) is 0 Å². The van der Waals surface area contributed by atoms with Crippen molar-refractivity contribution in [3.05, 3.63) is 71.8 Å². The van der Waals surface area contributed by atoms with Gasteiger partial charge in [0.15, 0.2) is 0 Å². The molecule has 1 saturated heterocycles. The maximum absolute atomic E-state index is 13.6. The quantitative estimate of drug-likeness (QED) is 0.721. The maximum atomic E-state index is 13.6. The standard InChI is InChI=1S/C24H25N5O/c1-15-6-7-22(26-12-15)28-20-10-17-11-21(20)29(14-17)24(30)23-18(9-16(2)13-27-23)19-5-3-4-8-25-19/h3-9,12-13,17,20-21H,10-11,14H2,1-2H3,(H,26,28). The van der Waals surface area contributed by atoms with Crippen molar-refractivity contribution in [3.63, 3.8) is 0 Å². The van der Waals surface area contributed by atoms with Gasteiger partial charge in [-0.2, -0.15) is 0 Å². The number of hydrogen-bond acceptors (Lipinski definition) is 5. The molecule has 6 nitrogen and oxygen atoms in total. The van der Waals surface area contributed by atoms with Gasteiger partial charge in [-0.3, -0.25) is 14.8 Å². The number of amides is 1. The number of carbonyl (C=O) groups is 1. The molecule has 3 unspecified atom stereocenters. The van der Waals surface area contributed by atoms with Crippen molar-refractivity contribution in [1.82, 2.24) is 19.9 Å². The zero-order valence-electron chi connectivity index (χ0n) is 17.2. The van der Waals surface area contributed by atoms with E-state index in [1.165, 1.54) is 0 Å². The first-order valence-electron chi connectivity index (χ1n) is 10.5. The fourth-order valence-corrected chi connectivity index (χ4v) is 4.75. The largest absolute Gasteiger partial charge is 0.365 e. The number of aryl methyl sites for hydroxylation is 2. The Morgan fingerprint density at radius 3 is 2.63 bits per heavy atom. The summed E-state index contributed by atoms with van der Waals surface area (Å²) in [6.45, 7) is 4.81. The maximum Gasteiger partial charge on any atom is 0.273 e. The lowest BCUT2D eigenvalue weighted by Crippen LogP contribution is -2.48. The number of rotatable bonds is 4. The zero-order chi connectivity index (χ0) is 20.7. The molecular formula is C24H25N5O. The van der Waals surface area contributed by atoms with Crippen molar-refractivity contribution in [2.24, 2.45) is 5.92 Å². The second kappa shape index (κ2) is 7.52. The minimum Gasteiger partial charge on any atom is -0.365 e. The SMILES string of the molecule is Cc1ccc(NC2CC3CC2N(C(=O)c2ncc(C)cc2-c2ccccn2)C3)nc1. The number of hydrogen-bond donors (Lipinski definition) is 1. The molecule has 1 amide bonds. The van der Waals surface area contributed by atoms with E-state index in [4.69, 9.17) is 0 Å². The molecule has 30 heavy (non-hydrogen) atoms. The number of fused-ring (bicyclic) bond motifs is 2. The first kappa shape index (κ1) is 18.7. The predicted molar refractivity (Wildman–Crippen MR) is 116 cm³/mol. The van der Waals surface area contributed by atoms with E-state index in [9.17, 15) is 4.79 Å². The molecule has 6 heteroatoms. The Bertz CT molecular complexity index is 1070. The highest BCUT2D eigenvalue weighted by molar-refractivity contribution is 5.99. The highest BCUT2D eigenvalue weighted by atomic mass is 16.2. The van der Waals surface area contributed by atoms with E-state index < -0.39 is 0 Å². The molecular weight excluding hydrogens is 374 g/mol. The summed E-state index contributed by atoms with van der Waals surface area (Å²) in [5, 5.41) is 3.55. The molecule has 3 aromatic heterocycles. The van der Waals surface area contributed by atoms with Gasteiger partial charge in [-0.1, -0.05) is 12.1 Å². The van der Waals surface area contributed by atoms with Gasteiger partial charge in [-0.15, -0.1) is 0 Å². The number of nitrogens with one attached hydrogen (secondary N) is 1. The molecule has 1 aliphatic heterocycles. The Balaban J connectivity index is 1.41. The van der Waals surface area contributed by atoms with E-state index in [2.05, 4.69) is 26.3 Å². The summed E-state index contributed by atoms with van der Waals surface area (Å²) >= 11 is 0. The lowest BCUT2D eigenvalue weighted by atomic mass is 10.0. The Labute approximate surface area is 176 Å². The molecule has 3 aromatic rings. The summed E-state index contributed by atoms with van der Waals surface area (Å²) in [5.74, 6) is 1.38. The first-order valence-corrected chi connectivity index (χ1v) is 10.5. The number of piperidine rings is 1. The predicted octanol–water partition coefficient (Wildman–Crippen LogP) is 3.87. The van der Waals surface area contributed by atoms with Crippen LogP contribution in [0.5, 0.6) is 0 Å². The van der Waals surface area contributed by atoms with E-state index in [0.717, 1.165) is 47.6 Å². The van der Waals surface area contributed by atoms with Crippen molar-refractivity contribution in [3.8, 4) is 11.3 Å². The van der Waals surface area contributed by atoms with Crippen LogP contribution in [-0.4, -0.2) is 44.4 Å². The van der Waals surface area contributed by atoms with Gasteiger partial charge < -0.3 is 10.2 Å². The van der Waals surface area contributed by atoms with Gasteiger partial charge in [0.1, 0.15) is 11.5 Å². The molecule has 0 spiro atoms. The van der Waals surface area contributed by atoms with Gasteiger partial charge in [-0.05, 0) is 68.0 Å². The summed E-state index contributed by atoms with van der Waals surface area (Å²) in [4.78, 5) is 29.1. The molecule has 0 aromatic carbocycles. The third-order valence-electron chi connectivity index (χ3n) is 6.16. The molecule has 2 bridgehead atoms. The average molecular weight is 399 g/mol. The van der Waals surface area contributed by atoms with Crippen LogP contribution in [0.25, 0.3) is 11.3 Å². The summed E-state index contributed by atoms with van der Waals surface area (Å²) in [5.41, 5.74) is 4.21. The molecule has 2 aliphatic rings. The summed E-state index contributed by atoms with van der Waals surface area (Å²) in [6.07, 6.45) is 7.48. The summed E-state index contributed by atoms with van der Waals surface area (Å²) in [7, 11) is 0. The van der Waals surface area contributed by atoms with E-state index in [1.54, 1.807) is 12.4 Å². The second-order valence-electron chi connectivity index (χ2n) is 8.46. The first-order chi connectivity index (χ1) is 14.6. The monoisotopic (exact) mass is 399 g/mol. The molecule has 1 aliphatic carbocycles. The van der Waals surface area contributed by atoms with Crippen LogP contribution in [0.1, 0.15) is 34.5 Å². The number of nitrogens with zero attached hydrogens (tertiary/aromatic N) is 4. The molecule has 0 radical (unpaired) electrons. The fraction of sp³-hybridized carbons (Fsp3) is 0.333. The zero-order valence-corrected chi connectivity index (χ0v) is 17.2. The Kier molecular flexibility index (Phi) is 4.69. The van der Waals surface area contributed by atoms with Crippen LogP contribution >= 0.6 is 0 Å². The van der Waals surface area contributed by atoms with E-state index in [0.29, 0.717) is 11.6 Å². The van der Waals surface area contributed by atoms with E-state index >= 15 is 0 Å². The molecule has 152 valence electrons. The molecule has 2 fully saturated rings. The van der Waals surface area contributed by atoms with E-state index in [-0.39, 0.29) is 18.0 Å². The fourth-order valence-electron chi connectivity index (χ4n) is 4.75. The van der Waals surface area contributed by atoms with Crippen LogP contribution in [0.4, 0.5) is 5.82 Å². The van der Waals surface area contributed by atoms with Crippen LogP contribution < -0.4 is 5.32 Å². The molecule has 4 heterocycles. The van der Waals surface area contributed by atoms with Crippen LogP contribution in [0, 0.1) is 19.8 Å². The number of anilines is 1. The minimum atomic E-state index is -0.00785. The smallest absolute Gasteiger partial charge is 0.273 e. The lowest BCUT2D eigenvalue weighted by molar-refractivity contribution is 0.0687. The Hall–Kier alpha value is -3.28. The number of likely N-dealkylation sites (tertiary alicyclic amines) is 1. The van der Waals surface area contributed by atoms with Crippen molar-refractivity contribution in [2.75, 3.05) is 11.9 Å². The normalized spacial score (nSPS) is 22.3. The minimum absolute atomic E-state index is 0.00785. The van der Waals surface area contributed by atoms with Crippen LogP contribution in [0.3, 0.4) is 0 Å². The van der Waals surface area contributed by atoms with Gasteiger partial charge in [0.05, 0.1) is 11.7 Å². The molecule has 5 rings (SSSR count). The van der Waals surface area contributed by atoms with E-state index in [1.807, 2.05) is 55.3 Å². The van der Waals surface area contributed by atoms with Crippen molar-refractivity contribution >= 4 is 11.7 Å². The van der Waals surface area contributed by atoms with Gasteiger partial charge in [0, 0.05) is 36.7 Å². The molecule has 1 N–H and O–H groups in total. The summed E-state index contributed by atoms with van der Waals surface area (Å²) < 4.78 is 0. The van der Waals surface area contributed by atoms with Gasteiger partial charge in [-0.25, -0.2) is 4.98 Å². The van der Waals surface area contributed by atoms with Crippen LogP contribution in [0.15, 0.2) is 55.0 Å². The van der Waals surface area contributed by atoms with Crippen LogP contribution in [-0.2, 0) is 0 Å². The lowest BCUT2D eigenvalue weighted by Gasteiger charge is -2.34. The summed E-state index contributed by atoms with van der Waals surface area (Å²) in [6, 6.07) is 12.2. The number of aromatic nitrogens is 3. The molecule has 1 saturated carbocycles. The van der Waals surface area contributed by atoms with Gasteiger partial charge in [0.2, 0.25) is 0 Å². The van der Waals surface area contributed by atoms with Crippen LogP contribution in [0.2, 0.25) is 0 Å². The van der Waals surface area contributed by atoms with Crippen molar-refractivity contribution < 1.29 is 4.79 Å². The topological polar surface area (TPSA) is 71.0 Å². The molecule has 3 atom stereocenters. The van der Waals surface area contributed by atoms with Crippen molar-refractivity contribution in [2.45, 2.75) is 38.8 Å². The Morgan fingerprint density at radius 1 is 1.03 bits per heavy atom. The number of carbonyl (C=O) groups excluding carboxylic acids is 1. The average Bonchev–Trinajstić information content (AvgIpc) is 3.36. The highest BCUT2D eigenvalue weighted by Gasteiger charge is 2.47. The number of pyridine rings is 3. The third-order valence-corrected chi connectivity index (χ3v) is 6.16. The van der Waals surface area contributed by atoms with Gasteiger partial charge in [0.25, 0.3) is 5.91 Å². The Morgan fingerprint density at radius 2 is 1.90 bits per heavy atom. The second-order valence-corrected chi connectivity index (χ2v) is 8.46. The third kappa shape index (κ3) is 3.43. The highest BCUT2D eigenvalue weighted by Crippen LogP contribution is 2.40. The van der Waals surface area contributed by atoms with Gasteiger partial charge >= 0.3 is 0 Å².